The Labute approximate surface area is 152 Å². The number of carbonyl (C=O) groups is 1. The van der Waals surface area contributed by atoms with Crippen LogP contribution in [0.1, 0.15) is 33.4 Å². The molecule has 0 radical (unpaired) electrons. The highest BCUT2D eigenvalue weighted by molar-refractivity contribution is 7.11. The van der Waals surface area contributed by atoms with Crippen LogP contribution >= 0.6 is 11.3 Å². The zero-order valence-corrected chi connectivity index (χ0v) is 15.7. The van der Waals surface area contributed by atoms with Gasteiger partial charge in [-0.2, -0.15) is 0 Å². The number of aromatic nitrogens is 1. The van der Waals surface area contributed by atoms with Gasteiger partial charge < -0.3 is 16.0 Å². The topological polar surface area (TPSA) is 78.4 Å². The number of thiazole rings is 1. The summed E-state index contributed by atoms with van der Waals surface area (Å²) in [6.45, 7) is 8.45. The van der Waals surface area contributed by atoms with Crippen molar-refractivity contribution in [1.29, 1.82) is 0 Å². The zero-order valence-electron chi connectivity index (χ0n) is 14.9. The van der Waals surface area contributed by atoms with Crippen LogP contribution in [-0.4, -0.2) is 36.5 Å². The van der Waals surface area contributed by atoms with Gasteiger partial charge in [0, 0.05) is 19.6 Å². The second kappa shape index (κ2) is 9.78. The molecule has 25 heavy (non-hydrogen) atoms. The number of nitrogens with one attached hydrogen (secondary N) is 3. The first-order chi connectivity index (χ1) is 12.1. The van der Waals surface area contributed by atoms with E-state index in [-0.39, 0.29) is 5.91 Å². The van der Waals surface area contributed by atoms with Crippen LogP contribution in [0.5, 0.6) is 0 Å². The predicted molar refractivity (Wildman–Crippen MR) is 103 cm³/mol. The standard InChI is InChI=1S/C18H25N5OS/c1-4-19-18(22-11-15-7-5-13(2)6-8-15)21-10-9-20-17(24)16-14(3)23-12-25-16/h5-8,12H,4,9-11H2,1-3H3,(H,20,24)(H2,19,21,22). The lowest BCUT2D eigenvalue weighted by molar-refractivity contribution is 0.0957. The van der Waals surface area contributed by atoms with Crippen molar-refractivity contribution in [2.24, 2.45) is 4.99 Å². The Morgan fingerprint density at radius 3 is 2.48 bits per heavy atom. The molecule has 0 aliphatic heterocycles. The van der Waals surface area contributed by atoms with Crippen molar-refractivity contribution in [1.82, 2.24) is 20.9 Å². The van der Waals surface area contributed by atoms with Crippen molar-refractivity contribution >= 4 is 23.2 Å². The highest BCUT2D eigenvalue weighted by Gasteiger charge is 2.10. The van der Waals surface area contributed by atoms with E-state index in [9.17, 15) is 4.79 Å². The summed E-state index contributed by atoms with van der Waals surface area (Å²) in [5, 5.41) is 9.33. The number of amides is 1. The molecule has 0 saturated carbocycles. The maximum Gasteiger partial charge on any atom is 0.263 e. The smallest absolute Gasteiger partial charge is 0.263 e. The maximum atomic E-state index is 12.0. The molecular weight excluding hydrogens is 334 g/mol. The molecule has 2 rings (SSSR count). The van der Waals surface area contributed by atoms with Crippen molar-refractivity contribution in [2.45, 2.75) is 27.3 Å². The fourth-order valence-electron chi connectivity index (χ4n) is 2.16. The van der Waals surface area contributed by atoms with Crippen molar-refractivity contribution in [3.05, 3.63) is 51.5 Å². The Hall–Kier alpha value is -2.41. The molecular formula is C18H25N5OS. The lowest BCUT2D eigenvalue weighted by Gasteiger charge is -2.12. The minimum atomic E-state index is -0.0802. The van der Waals surface area contributed by atoms with Gasteiger partial charge in [0.2, 0.25) is 0 Å². The summed E-state index contributed by atoms with van der Waals surface area (Å²) < 4.78 is 0. The van der Waals surface area contributed by atoms with Crippen LogP contribution in [0.15, 0.2) is 34.8 Å². The number of nitrogens with zero attached hydrogens (tertiary/aromatic N) is 2. The van der Waals surface area contributed by atoms with Gasteiger partial charge in [-0.25, -0.2) is 9.98 Å². The average Bonchev–Trinajstić information content (AvgIpc) is 3.03. The normalized spacial score (nSPS) is 11.2. The minimum absolute atomic E-state index is 0.0802. The molecule has 1 heterocycles. The molecule has 0 bridgehead atoms. The molecule has 0 spiro atoms. The molecule has 1 amide bonds. The van der Waals surface area contributed by atoms with Crippen LogP contribution in [0.3, 0.4) is 0 Å². The highest BCUT2D eigenvalue weighted by atomic mass is 32.1. The summed E-state index contributed by atoms with van der Waals surface area (Å²) in [4.78, 5) is 21.3. The Kier molecular flexibility index (Phi) is 7.40. The van der Waals surface area contributed by atoms with E-state index in [1.807, 2.05) is 13.8 Å². The van der Waals surface area contributed by atoms with E-state index in [1.54, 1.807) is 5.51 Å². The molecule has 0 saturated heterocycles. The molecule has 2 aromatic rings. The van der Waals surface area contributed by atoms with E-state index in [4.69, 9.17) is 0 Å². The number of hydrogen-bond donors (Lipinski definition) is 3. The number of hydrogen-bond acceptors (Lipinski definition) is 4. The molecule has 0 aliphatic rings. The van der Waals surface area contributed by atoms with E-state index in [0.29, 0.717) is 24.5 Å². The van der Waals surface area contributed by atoms with E-state index < -0.39 is 0 Å². The second-order valence-corrected chi connectivity index (χ2v) is 6.49. The summed E-state index contributed by atoms with van der Waals surface area (Å²) in [7, 11) is 0. The summed E-state index contributed by atoms with van der Waals surface area (Å²) in [6, 6.07) is 8.34. The number of guanidine groups is 1. The Morgan fingerprint density at radius 2 is 1.84 bits per heavy atom. The molecule has 6 nitrogen and oxygen atoms in total. The molecule has 7 heteroatoms. The molecule has 0 atom stereocenters. The van der Waals surface area contributed by atoms with Crippen molar-refractivity contribution < 1.29 is 4.79 Å². The first kappa shape index (κ1) is 18.9. The third-order valence-corrected chi connectivity index (χ3v) is 4.47. The third kappa shape index (κ3) is 6.19. The summed E-state index contributed by atoms with van der Waals surface area (Å²) in [5.41, 5.74) is 4.86. The average molecular weight is 359 g/mol. The highest BCUT2D eigenvalue weighted by Crippen LogP contribution is 2.11. The van der Waals surface area contributed by atoms with Crippen LogP contribution in [-0.2, 0) is 6.54 Å². The quantitative estimate of drug-likeness (QED) is 0.402. The van der Waals surface area contributed by atoms with Gasteiger partial charge in [-0.1, -0.05) is 29.8 Å². The maximum absolute atomic E-state index is 12.0. The number of aryl methyl sites for hydroxylation is 2. The number of benzene rings is 1. The van der Waals surface area contributed by atoms with Crippen LogP contribution in [0.2, 0.25) is 0 Å². The lowest BCUT2D eigenvalue weighted by Crippen LogP contribution is -2.41. The second-order valence-electron chi connectivity index (χ2n) is 5.63. The third-order valence-electron chi connectivity index (χ3n) is 3.54. The number of carbonyl (C=O) groups excluding carboxylic acids is 1. The molecule has 1 aromatic heterocycles. The molecule has 1 aromatic carbocycles. The van der Waals surface area contributed by atoms with Gasteiger partial charge in [-0.3, -0.25) is 4.79 Å². The number of aliphatic imine (C=N–C) groups is 1. The molecule has 134 valence electrons. The van der Waals surface area contributed by atoms with Gasteiger partial charge in [0.15, 0.2) is 5.96 Å². The zero-order chi connectivity index (χ0) is 18.1. The monoisotopic (exact) mass is 359 g/mol. The van der Waals surface area contributed by atoms with E-state index in [1.165, 1.54) is 16.9 Å². The van der Waals surface area contributed by atoms with E-state index in [0.717, 1.165) is 23.8 Å². The van der Waals surface area contributed by atoms with E-state index >= 15 is 0 Å². The lowest BCUT2D eigenvalue weighted by atomic mass is 10.1. The van der Waals surface area contributed by atoms with Crippen molar-refractivity contribution in [3.8, 4) is 0 Å². The van der Waals surface area contributed by atoms with Gasteiger partial charge in [-0.05, 0) is 26.3 Å². The Morgan fingerprint density at radius 1 is 1.12 bits per heavy atom. The first-order valence-electron chi connectivity index (χ1n) is 8.36. The molecule has 3 N–H and O–H groups in total. The summed E-state index contributed by atoms with van der Waals surface area (Å²) in [6.07, 6.45) is 0. The molecule has 0 aliphatic carbocycles. The Bertz CT molecular complexity index is 709. The molecule has 0 fully saturated rings. The van der Waals surface area contributed by atoms with Crippen LogP contribution in [0.4, 0.5) is 0 Å². The largest absolute Gasteiger partial charge is 0.357 e. The van der Waals surface area contributed by atoms with Crippen LogP contribution in [0.25, 0.3) is 0 Å². The van der Waals surface area contributed by atoms with Crippen LogP contribution in [0, 0.1) is 13.8 Å². The fourth-order valence-corrected chi connectivity index (χ4v) is 2.88. The van der Waals surface area contributed by atoms with Gasteiger partial charge in [0.05, 0.1) is 17.7 Å². The number of rotatable bonds is 7. The van der Waals surface area contributed by atoms with Gasteiger partial charge in [-0.15, -0.1) is 11.3 Å². The predicted octanol–water partition coefficient (Wildman–Crippen LogP) is 2.25. The van der Waals surface area contributed by atoms with E-state index in [2.05, 4.69) is 57.1 Å². The van der Waals surface area contributed by atoms with Crippen molar-refractivity contribution in [2.75, 3.05) is 19.6 Å². The summed E-state index contributed by atoms with van der Waals surface area (Å²) in [5.74, 6) is 0.662. The minimum Gasteiger partial charge on any atom is -0.357 e. The van der Waals surface area contributed by atoms with Gasteiger partial charge in [0.25, 0.3) is 5.91 Å². The van der Waals surface area contributed by atoms with Gasteiger partial charge in [0.1, 0.15) is 4.88 Å². The summed E-state index contributed by atoms with van der Waals surface area (Å²) >= 11 is 1.36. The fraction of sp³-hybridized carbons (Fsp3) is 0.389. The van der Waals surface area contributed by atoms with Crippen LogP contribution < -0.4 is 16.0 Å². The first-order valence-corrected chi connectivity index (χ1v) is 9.24. The Balaban J connectivity index is 1.78. The van der Waals surface area contributed by atoms with Gasteiger partial charge >= 0.3 is 0 Å². The molecule has 0 unspecified atom stereocenters. The van der Waals surface area contributed by atoms with Crippen molar-refractivity contribution in [3.63, 3.8) is 0 Å². The SMILES string of the molecule is CCNC(=NCc1ccc(C)cc1)NCCNC(=O)c1scnc1C.